The molecule has 0 spiro atoms. The normalized spacial score (nSPS) is 15.2. The highest BCUT2D eigenvalue weighted by Crippen LogP contribution is 2.60. The second-order valence-electron chi connectivity index (χ2n) is 15.9. The molecular formula is C56H36N2. The Kier molecular flexibility index (Phi) is 6.59. The summed E-state index contributed by atoms with van der Waals surface area (Å²) in [6.45, 7) is 0. The van der Waals surface area contributed by atoms with Gasteiger partial charge in [0.05, 0.1) is 33.4 Å². The van der Waals surface area contributed by atoms with Gasteiger partial charge in [-0.3, -0.25) is 0 Å². The first-order valence-corrected chi connectivity index (χ1v) is 20.4. The van der Waals surface area contributed by atoms with Crippen molar-refractivity contribution in [2.24, 2.45) is 0 Å². The largest absolute Gasteiger partial charge is 0.309 e. The average Bonchev–Trinajstić information content (AvgIpc) is 3.83. The third kappa shape index (κ3) is 4.21. The molecule has 0 fully saturated rings. The zero-order chi connectivity index (χ0) is 37.9. The van der Waals surface area contributed by atoms with E-state index in [-0.39, 0.29) is 11.8 Å². The van der Waals surface area contributed by atoms with E-state index < -0.39 is 0 Å². The van der Waals surface area contributed by atoms with Gasteiger partial charge in [-0.15, -0.1) is 0 Å². The van der Waals surface area contributed by atoms with Crippen molar-refractivity contribution in [2.45, 2.75) is 11.8 Å². The van der Waals surface area contributed by atoms with Gasteiger partial charge in [0.1, 0.15) is 0 Å². The molecule has 0 N–H and O–H groups in total. The predicted octanol–water partition coefficient (Wildman–Crippen LogP) is 14.2. The Morgan fingerprint density at radius 2 is 0.672 bits per heavy atom. The topological polar surface area (TPSA) is 9.86 Å². The molecule has 0 aliphatic heterocycles. The van der Waals surface area contributed by atoms with Gasteiger partial charge in [-0.2, -0.15) is 0 Å². The fourth-order valence-corrected chi connectivity index (χ4v) is 10.9. The predicted molar refractivity (Wildman–Crippen MR) is 241 cm³/mol. The molecule has 2 heterocycles. The van der Waals surface area contributed by atoms with Crippen LogP contribution in [0.4, 0.5) is 0 Å². The van der Waals surface area contributed by atoms with Crippen LogP contribution in [0.2, 0.25) is 0 Å². The van der Waals surface area contributed by atoms with E-state index >= 15 is 0 Å². The summed E-state index contributed by atoms with van der Waals surface area (Å²) >= 11 is 0. The van der Waals surface area contributed by atoms with Gasteiger partial charge < -0.3 is 9.13 Å². The molecule has 270 valence electrons. The molecule has 3 aliphatic rings. The fraction of sp³-hybridized carbons (Fsp3) is 0.0357. The number of rotatable bonds is 4. The van der Waals surface area contributed by atoms with Crippen LogP contribution in [0.25, 0.3) is 77.2 Å². The molecule has 2 bridgehead atoms. The molecular weight excluding hydrogens is 701 g/mol. The second kappa shape index (κ2) is 12.0. The van der Waals surface area contributed by atoms with E-state index in [0.29, 0.717) is 0 Å². The van der Waals surface area contributed by atoms with Gasteiger partial charge >= 0.3 is 0 Å². The highest BCUT2D eigenvalue weighted by atomic mass is 15.0. The Hall–Kier alpha value is -7.42. The van der Waals surface area contributed by atoms with Crippen molar-refractivity contribution in [2.75, 3.05) is 0 Å². The Bertz CT molecular complexity index is 3250. The molecule has 2 heteroatoms. The number of nitrogens with zero attached hydrogens (tertiary/aromatic N) is 2. The van der Waals surface area contributed by atoms with Crippen molar-refractivity contribution < 1.29 is 0 Å². The Morgan fingerprint density at radius 3 is 1.17 bits per heavy atom. The number of hydrogen-bond acceptors (Lipinski definition) is 0. The van der Waals surface area contributed by atoms with Crippen LogP contribution in [0.5, 0.6) is 0 Å². The Labute approximate surface area is 336 Å². The van der Waals surface area contributed by atoms with Crippen LogP contribution in [0, 0.1) is 0 Å². The van der Waals surface area contributed by atoms with Crippen LogP contribution in [0.1, 0.15) is 45.2 Å². The summed E-state index contributed by atoms with van der Waals surface area (Å²) in [6.07, 6.45) is 0. The molecule has 0 atom stereocenters. The van der Waals surface area contributed by atoms with Crippen LogP contribution in [-0.4, -0.2) is 9.13 Å². The third-order valence-electron chi connectivity index (χ3n) is 13.1. The standard InChI is InChI=1S/C56H36N2/c1-3-17-35(18-4-1)37-21-9-13-27-45(37)57-47-29-15-11-25-41(47)52-49(57)33-31-43-51-39-23-7-8-24-40(39)54(55(43)52)56-44(51)32-34-50-53(56)42-26-12-16-30-48(42)58(50)46-28-14-10-22-38(46)36-19-5-2-6-20-36/h1-34,51,54H. The van der Waals surface area contributed by atoms with Gasteiger partial charge in [0.25, 0.3) is 0 Å². The van der Waals surface area contributed by atoms with E-state index in [1.54, 1.807) is 0 Å². The van der Waals surface area contributed by atoms with E-state index in [2.05, 4.69) is 215 Å². The summed E-state index contributed by atoms with van der Waals surface area (Å²) in [5, 5.41) is 5.33. The lowest BCUT2D eigenvalue weighted by molar-refractivity contribution is 0.768. The van der Waals surface area contributed by atoms with Crippen molar-refractivity contribution in [3.8, 4) is 33.6 Å². The van der Waals surface area contributed by atoms with Gasteiger partial charge in [-0.1, -0.05) is 170 Å². The minimum Gasteiger partial charge on any atom is -0.309 e. The van der Waals surface area contributed by atoms with E-state index in [1.165, 1.54) is 111 Å². The number of benzene rings is 9. The zero-order valence-corrected chi connectivity index (χ0v) is 31.7. The van der Waals surface area contributed by atoms with Crippen LogP contribution >= 0.6 is 0 Å². The monoisotopic (exact) mass is 736 g/mol. The van der Waals surface area contributed by atoms with Crippen LogP contribution < -0.4 is 0 Å². The van der Waals surface area contributed by atoms with Gasteiger partial charge in [0.15, 0.2) is 0 Å². The first-order valence-electron chi connectivity index (χ1n) is 20.4. The van der Waals surface area contributed by atoms with Crippen LogP contribution in [0.3, 0.4) is 0 Å². The summed E-state index contributed by atoms with van der Waals surface area (Å²) in [6, 6.07) is 76.5. The van der Waals surface area contributed by atoms with Crippen LogP contribution in [-0.2, 0) is 0 Å². The highest BCUT2D eigenvalue weighted by molar-refractivity contribution is 6.16. The lowest BCUT2D eigenvalue weighted by Crippen LogP contribution is -2.28. The molecule has 0 unspecified atom stereocenters. The smallest absolute Gasteiger partial charge is 0.0544 e. The summed E-state index contributed by atoms with van der Waals surface area (Å²) in [7, 11) is 0. The van der Waals surface area contributed by atoms with Gasteiger partial charge in [-0.25, -0.2) is 0 Å². The zero-order valence-electron chi connectivity index (χ0n) is 31.7. The Morgan fingerprint density at radius 1 is 0.276 bits per heavy atom. The highest BCUT2D eigenvalue weighted by Gasteiger charge is 2.44. The molecule has 0 amide bonds. The van der Waals surface area contributed by atoms with Gasteiger partial charge in [0, 0.05) is 44.5 Å². The molecule has 0 saturated carbocycles. The van der Waals surface area contributed by atoms with E-state index in [0.717, 1.165) is 0 Å². The molecule has 0 saturated heterocycles. The Balaban J connectivity index is 1.14. The van der Waals surface area contributed by atoms with E-state index in [9.17, 15) is 0 Å². The first kappa shape index (κ1) is 31.7. The van der Waals surface area contributed by atoms with Crippen molar-refractivity contribution >= 4 is 43.6 Å². The van der Waals surface area contributed by atoms with Crippen molar-refractivity contribution in [3.05, 3.63) is 240 Å². The van der Waals surface area contributed by atoms with Crippen molar-refractivity contribution in [1.29, 1.82) is 0 Å². The summed E-state index contributed by atoms with van der Waals surface area (Å²) in [5.74, 6) is 0.197. The number of para-hydroxylation sites is 4. The maximum atomic E-state index is 2.52. The maximum absolute atomic E-state index is 2.52. The number of fused-ring (bicyclic) bond motifs is 6. The minimum atomic E-state index is 0.0610. The van der Waals surface area contributed by atoms with E-state index in [4.69, 9.17) is 0 Å². The van der Waals surface area contributed by atoms with Gasteiger partial charge in [0.2, 0.25) is 0 Å². The average molecular weight is 737 g/mol. The number of hydrogen-bond donors (Lipinski definition) is 0. The summed E-state index contributed by atoms with van der Waals surface area (Å²) < 4.78 is 5.05. The molecule has 2 aromatic heterocycles. The van der Waals surface area contributed by atoms with E-state index in [1.807, 2.05) is 0 Å². The molecule has 2 nitrogen and oxygen atoms in total. The molecule has 0 radical (unpaired) electrons. The van der Waals surface area contributed by atoms with Crippen LogP contribution in [0.15, 0.2) is 206 Å². The number of aromatic nitrogens is 2. The summed E-state index contributed by atoms with van der Waals surface area (Å²) in [5.41, 5.74) is 20.9. The third-order valence-corrected chi connectivity index (χ3v) is 13.1. The SMILES string of the molecule is c1ccc(-c2ccccc2-n2c3ccccc3c3c4c(ccc32)C2c3ccccc3C4c3c2ccc2c3c3ccccc3n2-c2ccccc2-c2ccccc2)cc1. The minimum absolute atomic E-state index is 0.0610. The maximum Gasteiger partial charge on any atom is 0.0544 e. The first-order chi connectivity index (χ1) is 28.8. The van der Waals surface area contributed by atoms with Crippen molar-refractivity contribution in [3.63, 3.8) is 0 Å². The molecule has 14 rings (SSSR count). The lowest BCUT2D eigenvalue weighted by atomic mass is 9.59. The molecule has 3 aliphatic carbocycles. The summed E-state index contributed by atoms with van der Waals surface area (Å²) in [4.78, 5) is 0. The fourth-order valence-electron chi connectivity index (χ4n) is 10.9. The molecule has 58 heavy (non-hydrogen) atoms. The van der Waals surface area contributed by atoms with Gasteiger partial charge in [-0.05, 0) is 80.9 Å². The molecule has 9 aromatic carbocycles. The lowest BCUT2D eigenvalue weighted by Gasteiger charge is -2.43. The van der Waals surface area contributed by atoms with Crippen molar-refractivity contribution in [1.82, 2.24) is 9.13 Å². The second-order valence-corrected chi connectivity index (χ2v) is 15.9. The quantitative estimate of drug-likeness (QED) is 0.170. The molecule has 11 aromatic rings.